The summed E-state index contributed by atoms with van der Waals surface area (Å²) in [6.45, 7) is 1.60. The fourth-order valence-corrected chi connectivity index (χ4v) is 1.71. The molecule has 0 heterocycles. The van der Waals surface area contributed by atoms with Crippen molar-refractivity contribution in [1.29, 1.82) is 0 Å². The maximum absolute atomic E-state index is 11.4. The highest BCUT2D eigenvalue weighted by molar-refractivity contribution is 7.88. The smallest absolute Gasteiger partial charge is 0.235 e. The van der Waals surface area contributed by atoms with Crippen LogP contribution in [-0.2, 0) is 14.8 Å². The molecule has 1 aromatic carbocycles. The van der Waals surface area contributed by atoms with Gasteiger partial charge in [0.1, 0.15) is 0 Å². The third-order valence-corrected chi connectivity index (χ3v) is 2.84. The van der Waals surface area contributed by atoms with Crippen molar-refractivity contribution >= 4 is 15.9 Å². The molecule has 0 spiro atoms. The minimum atomic E-state index is -3.33. The molecule has 17 heavy (non-hydrogen) atoms. The number of hydrogen-bond donors (Lipinski definition) is 2. The summed E-state index contributed by atoms with van der Waals surface area (Å²) in [5, 5.41) is 2.70. The quantitative estimate of drug-likeness (QED) is 0.801. The highest BCUT2D eigenvalue weighted by Crippen LogP contribution is 2.10. The van der Waals surface area contributed by atoms with Crippen LogP contribution in [0.15, 0.2) is 30.3 Å². The molecule has 0 fully saturated rings. The van der Waals surface area contributed by atoms with E-state index in [0.29, 0.717) is 0 Å². The minimum Gasteiger partial charge on any atom is -0.348 e. The Hall–Kier alpha value is -1.40. The molecular formula is C11H16N2O3S. The average Bonchev–Trinajstić information content (AvgIpc) is 2.27. The monoisotopic (exact) mass is 256 g/mol. The fourth-order valence-electron chi connectivity index (χ4n) is 1.31. The van der Waals surface area contributed by atoms with E-state index < -0.39 is 10.0 Å². The molecule has 0 saturated carbocycles. The number of benzene rings is 1. The van der Waals surface area contributed by atoms with Gasteiger partial charge in [-0.15, -0.1) is 0 Å². The van der Waals surface area contributed by atoms with E-state index in [1.54, 1.807) is 0 Å². The Bertz CT molecular complexity index is 471. The van der Waals surface area contributed by atoms with Crippen molar-refractivity contribution in [1.82, 2.24) is 10.0 Å². The normalized spacial score (nSPS) is 13.1. The number of carbonyl (C=O) groups excluding carboxylic acids is 1. The van der Waals surface area contributed by atoms with Crippen LogP contribution in [0.25, 0.3) is 0 Å². The zero-order valence-corrected chi connectivity index (χ0v) is 10.6. The average molecular weight is 256 g/mol. The van der Waals surface area contributed by atoms with E-state index in [1.807, 2.05) is 37.3 Å². The lowest BCUT2D eigenvalue weighted by Gasteiger charge is -2.14. The van der Waals surface area contributed by atoms with Crippen molar-refractivity contribution in [2.24, 2.45) is 0 Å². The first-order valence-electron chi connectivity index (χ1n) is 5.17. The van der Waals surface area contributed by atoms with Gasteiger partial charge in [-0.05, 0) is 12.5 Å². The second-order valence-electron chi connectivity index (χ2n) is 3.79. The van der Waals surface area contributed by atoms with Gasteiger partial charge in [-0.3, -0.25) is 4.79 Å². The second-order valence-corrected chi connectivity index (χ2v) is 5.63. The number of nitrogens with one attached hydrogen (secondary N) is 2. The highest BCUT2D eigenvalue weighted by Gasteiger charge is 2.10. The van der Waals surface area contributed by atoms with Crippen molar-refractivity contribution in [3.63, 3.8) is 0 Å². The standard InChI is InChI=1S/C11H16N2O3S/c1-9(10-6-4-3-5-7-10)13-11(14)8-12-17(2,15)16/h3-7,9,12H,8H2,1-2H3,(H,13,14). The van der Waals surface area contributed by atoms with Crippen molar-refractivity contribution in [2.45, 2.75) is 13.0 Å². The molecule has 0 saturated heterocycles. The van der Waals surface area contributed by atoms with Crippen LogP contribution in [0.1, 0.15) is 18.5 Å². The molecular weight excluding hydrogens is 240 g/mol. The van der Waals surface area contributed by atoms with Crippen LogP contribution < -0.4 is 10.0 Å². The Morgan fingerprint density at radius 2 is 1.88 bits per heavy atom. The SMILES string of the molecule is CC(NC(=O)CNS(C)(=O)=O)c1ccccc1. The Labute approximate surface area is 101 Å². The lowest BCUT2D eigenvalue weighted by molar-refractivity contribution is -0.120. The summed E-state index contributed by atoms with van der Waals surface area (Å²) in [6.07, 6.45) is 1.01. The van der Waals surface area contributed by atoms with E-state index in [-0.39, 0.29) is 18.5 Å². The van der Waals surface area contributed by atoms with Crippen molar-refractivity contribution in [3.8, 4) is 0 Å². The summed E-state index contributed by atoms with van der Waals surface area (Å²) in [5.74, 6) is -0.355. The molecule has 2 N–H and O–H groups in total. The summed E-state index contributed by atoms with van der Waals surface area (Å²) in [6, 6.07) is 9.30. The van der Waals surface area contributed by atoms with E-state index in [1.165, 1.54) is 0 Å². The topological polar surface area (TPSA) is 75.3 Å². The molecule has 0 aromatic heterocycles. The Morgan fingerprint density at radius 3 is 2.41 bits per heavy atom. The molecule has 1 atom stereocenters. The van der Waals surface area contributed by atoms with Crippen LogP contribution in [0.5, 0.6) is 0 Å². The third kappa shape index (κ3) is 5.46. The number of carbonyl (C=O) groups is 1. The molecule has 0 aliphatic rings. The van der Waals surface area contributed by atoms with Crippen molar-refractivity contribution in [2.75, 3.05) is 12.8 Å². The zero-order valence-electron chi connectivity index (χ0n) is 9.80. The third-order valence-electron chi connectivity index (χ3n) is 2.17. The predicted octanol–water partition coefficient (Wildman–Crippen LogP) is 0.413. The van der Waals surface area contributed by atoms with Crippen molar-refractivity contribution < 1.29 is 13.2 Å². The van der Waals surface area contributed by atoms with Gasteiger partial charge in [0.15, 0.2) is 0 Å². The zero-order chi connectivity index (χ0) is 12.9. The number of hydrogen-bond acceptors (Lipinski definition) is 3. The van der Waals surface area contributed by atoms with Gasteiger partial charge >= 0.3 is 0 Å². The molecule has 0 radical (unpaired) electrons. The van der Waals surface area contributed by atoms with Crippen LogP contribution in [0.2, 0.25) is 0 Å². The molecule has 5 nitrogen and oxygen atoms in total. The first kappa shape index (κ1) is 13.7. The number of amides is 1. The van der Waals surface area contributed by atoms with Gasteiger partial charge in [0.25, 0.3) is 0 Å². The van der Waals surface area contributed by atoms with Crippen LogP contribution in [0.4, 0.5) is 0 Å². The molecule has 1 unspecified atom stereocenters. The lowest BCUT2D eigenvalue weighted by Crippen LogP contribution is -2.37. The fraction of sp³-hybridized carbons (Fsp3) is 0.364. The first-order valence-corrected chi connectivity index (χ1v) is 7.06. The first-order chi connectivity index (χ1) is 7.88. The van der Waals surface area contributed by atoms with E-state index in [4.69, 9.17) is 0 Å². The van der Waals surface area contributed by atoms with Gasteiger partial charge in [0.2, 0.25) is 15.9 Å². The van der Waals surface area contributed by atoms with E-state index in [2.05, 4.69) is 10.0 Å². The second kappa shape index (κ2) is 5.79. The number of rotatable bonds is 5. The molecule has 0 aliphatic heterocycles. The van der Waals surface area contributed by atoms with Crippen LogP contribution in [0, 0.1) is 0 Å². The van der Waals surface area contributed by atoms with E-state index >= 15 is 0 Å². The predicted molar refractivity (Wildman–Crippen MR) is 65.8 cm³/mol. The maximum Gasteiger partial charge on any atom is 0.235 e. The van der Waals surface area contributed by atoms with Crippen LogP contribution in [-0.4, -0.2) is 27.1 Å². The van der Waals surface area contributed by atoms with Gasteiger partial charge in [0.05, 0.1) is 18.8 Å². The van der Waals surface area contributed by atoms with E-state index in [0.717, 1.165) is 11.8 Å². The van der Waals surface area contributed by atoms with Gasteiger partial charge in [0, 0.05) is 0 Å². The molecule has 1 amide bonds. The van der Waals surface area contributed by atoms with Gasteiger partial charge in [-0.1, -0.05) is 30.3 Å². The molecule has 0 bridgehead atoms. The molecule has 94 valence electrons. The molecule has 0 aliphatic carbocycles. The molecule has 1 aromatic rings. The lowest BCUT2D eigenvalue weighted by atomic mass is 10.1. The minimum absolute atomic E-state index is 0.148. The van der Waals surface area contributed by atoms with Gasteiger partial charge < -0.3 is 5.32 Å². The van der Waals surface area contributed by atoms with E-state index in [9.17, 15) is 13.2 Å². The summed E-state index contributed by atoms with van der Waals surface area (Å²) < 4.78 is 23.7. The Kier molecular flexibility index (Phi) is 4.65. The Morgan fingerprint density at radius 1 is 1.29 bits per heavy atom. The maximum atomic E-state index is 11.4. The largest absolute Gasteiger partial charge is 0.348 e. The van der Waals surface area contributed by atoms with Crippen LogP contribution >= 0.6 is 0 Å². The van der Waals surface area contributed by atoms with Gasteiger partial charge in [-0.25, -0.2) is 13.1 Å². The summed E-state index contributed by atoms with van der Waals surface area (Å²) >= 11 is 0. The number of sulfonamides is 1. The molecule has 1 rings (SSSR count). The highest BCUT2D eigenvalue weighted by atomic mass is 32.2. The summed E-state index contributed by atoms with van der Waals surface area (Å²) in [5.41, 5.74) is 0.972. The van der Waals surface area contributed by atoms with Gasteiger partial charge in [-0.2, -0.15) is 0 Å². The molecule has 6 heteroatoms. The summed E-state index contributed by atoms with van der Waals surface area (Å²) in [7, 11) is -3.33. The van der Waals surface area contributed by atoms with Crippen LogP contribution in [0.3, 0.4) is 0 Å². The summed E-state index contributed by atoms with van der Waals surface area (Å²) in [4.78, 5) is 11.4. The Balaban J connectivity index is 2.47. The van der Waals surface area contributed by atoms with Crippen molar-refractivity contribution in [3.05, 3.63) is 35.9 Å².